The Hall–Kier alpha value is -0.900. The highest BCUT2D eigenvalue weighted by atomic mass is 16.2. The van der Waals surface area contributed by atoms with Crippen molar-refractivity contribution in [1.29, 1.82) is 0 Å². The molecule has 0 aliphatic carbocycles. The minimum Gasteiger partial charge on any atom is -0.349 e. The molecule has 0 heterocycles. The summed E-state index contributed by atoms with van der Waals surface area (Å²) in [6, 6.07) is 0. The van der Waals surface area contributed by atoms with Crippen LogP contribution in [0.2, 0.25) is 0 Å². The Morgan fingerprint density at radius 3 is 2.38 bits per heavy atom. The second-order valence-corrected chi connectivity index (χ2v) is 3.95. The molecule has 0 saturated carbocycles. The van der Waals surface area contributed by atoms with Gasteiger partial charge in [0.1, 0.15) is 0 Å². The molecule has 16 heavy (non-hydrogen) atoms. The van der Waals surface area contributed by atoms with Gasteiger partial charge in [-0.15, -0.1) is 0 Å². The summed E-state index contributed by atoms with van der Waals surface area (Å²) >= 11 is 0. The minimum absolute atomic E-state index is 0.277. The monoisotopic (exact) mass is 228 g/mol. The molecule has 0 aromatic heterocycles. The van der Waals surface area contributed by atoms with E-state index >= 15 is 0 Å². The Morgan fingerprint density at radius 1 is 1.00 bits per heavy atom. The SMILES string of the molecule is CCCCCCC(=O)C(=O)NCCCNC. The van der Waals surface area contributed by atoms with E-state index in [0.717, 1.165) is 38.6 Å². The summed E-state index contributed by atoms with van der Waals surface area (Å²) in [5.41, 5.74) is 0. The lowest BCUT2D eigenvalue weighted by Gasteiger charge is -2.04. The van der Waals surface area contributed by atoms with Crippen molar-refractivity contribution in [2.24, 2.45) is 0 Å². The first-order chi connectivity index (χ1) is 7.72. The van der Waals surface area contributed by atoms with Crippen LogP contribution in [-0.2, 0) is 9.59 Å². The lowest BCUT2D eigenvalue weighted by molar-refractivity contribution is -0.137. The standard InChI is InChI=1S/C12H24N2O2/c1-3-4-5-6-8-11(15)12(16)14-10-7-9-13-2/h13H,3-10H2,1-2H3,(H,14,16). The number of ketones is 1. The number of Topliss-reactive ketones (excluding diaryl/α,β-unsaturated/α-hetero) is 1. The average Bonchev–Trinajstić information content (AvgIpc) is 2.29. The Bertz CT molecular complexity index is 183. The molecule has 0 saturated heterocycles. The van der Waals surface area contributed by atoms with E-state index in [1.165, 1.54) is 0 Å². The molecule has 0 radical (unpaired) electrons. The number of unbranched alkanes of at least 4 members (excludes halogenated alkanes) is 3. The molecule has 0 fully saturated rings. The highest BCUT2D eigenvalue weighted by Gasteiger charge is 2.11. The lowest BCUT2D eigenvalue weighted by atomic mass is 10.1. The molecule has 0 aliphatic heterocycles. The Kier molecular flexibility index (Phi) is 10.0. The van der Waals surface area contributed by atoms with Crippen LogP contribution < -0.4 is 10.6 Å². The highest BCUT2D eigenvalue weighted by molar-refractivity contribution is 6.36. The fraction of sp³-hybridized carbons (Fsp3) is 0.833. The summed E-state index contributed by atoms with van der Waals surface area (Å²) in [4.78, 5) is 22.6. The quantitative estimate of drug-likeness (QED) is 0.437. The number of hydrogen-bond acceptors (Lipinski definition) is 3. The zero-order valence-corrected chi connectivity index (χ0v) is 10.5. The third-order valence-electron chi connectivity index (χ3n) is 2.40. The molecule has 0 rings (SSSR count). The van der Waals surface area contributed by atoms with Gasteiger partial charge in [0.25, 0.3) is 5.91 Å². The molecule has 0 atom stereocenters. The van der Waals surface area contributed by atoms with Gasteiger partial charge in [-0.05, 0) is 26.4 Å². The van der Waals surface area contributed by atoms with Gasteiger partial charge in [-0.1, -0.05) is 26.2 Å². The molecule has 0 spiro atoms. The first kappa shape index (κ1) is 15.1. The van der Waals surface area contributed by atoms with Gasteiger partial charge in [0, 0.05) is 13.0 Å². The molecule has 4 nitrogen and oxygen atoms in total. The Balaban J connectivity index is 3.46. The van der Waals surface area contributed by atoms with Gasteiger partial charge in [0.05, 0.1) is 0 Å². The molecule has 0 aromatic carbocycles. The predicted octanol–water partition coefficient (Wildman–Crippen LogP) is 1.25. The maximum absolute atomic E-state index is 11.3. The van der Waals surface area contributed by atoms with E-state index in [4.69, 9.17) is 0 Å². The maximum atomic E-state index is 11.3. The zero-order chi connectivity index (χ0) is 12.2. The third kappa shape index (κ3) is 8.41. The second kappa shape index (κ2) is 10.6. The summed E-state index contributed by atoms with van der Waals surface area (Å²) in [5, 5.41) is 5.61. The van der Waals surface area contributed by atoms with Gasteiger partial charge in [-0.3, -0.25) is 9.59 Å². The molecule has 0 bridgehead atoms. The lowest BCUT2D eigenvalue weighted by Crippen LogP contribution is -2.32. The van der Waals surface area contributed by atoms with E-state index in [1.54, 1.807) is 0 Å². The van der Waals surface area contributed by atoms with Crippen LogP contribution in [0.25, 0.3) is 0 Å². The van der Waals surface area contributed by atoms with Gasteiger partial charge in [0.2, 0.25) is 5.78 Å². The van der Waals surface area contributed by atoms with Crippen LogP contribution in [0.3, 0.4) is 0 Å². The molecular formula is C12H24N2O2. The maximum Gasteiger partial charge on any atom is 0.287 e. The fourth-order valence-corrected chi connectivity index (χ4v) is 1.39. The Morgan fingerprint density at radius 2 is 1.75 bits per heavy atom. The van der Waals surface area contributed by atoms with Gasteiger partial charge >= 0.3 is 0 Å². The number of carbonyl (C=O) groups excluding carboxylic acids is 2. The number of hydrogen-bond donors (Lipinski definition) is 2. The zero-order valence-electron chi connectivity index (χ0n) is 10.5. The van der Waals surface area contributed by atoms with Crippen molar-refractivity contribution >= 4 is 11.7 Å². The van der Waals surface area contributed by atoms with E-state index < -0.39 is 5.91 Å². The predicted molar refractivity (Wildman–Crippen MR) is 65.3 cm³/mol. The number of amides is 1. The molecule has 0 aliphatic rings. The third-order valence-corrected chi connectivity index (χ3v) is 2.40. The van der Waals surface area contributed by atoms with Gasteiger partial charge in [-0.2, -0.15) is 0 Å². The van der Waals surface area contributed by atoms with Gasteiger partial charge < -0.3 is 10.6 Å². The van der Waals surface area contributed by atoms with Crippen molar-refractivity contribution in [2.45, 2.75) is 45.4 Å². The largest absolute Gasteiger partial charge is 0.349 e. The van der Waals surface area contributed by atoms with Crippen molar-refractivity contribution in [2.75, 3.05) is 20.1 Å². The van der Waals surface area contributed by atoms with Gasteiger partial charge in [-0.25, -0.2) is 0 Å². The normalized spacial score (nSPS) is 10.1. The van der Waals surface area contributed by atoms with Crippen LogP contribution in [-0.4, -0.2) is 31.8 Å². The van der Waals surface area contributed by atoms with E-state index in [2.05, 4.69) is 17.6 Å². The van der Waals surface area contributed by atoms with Gasteiger partial charge in [0.15, 0.2) is 0 Å². The second-order valence-electron chi connectivity index (χ2n) is 3.95. The highest BCUT2D eigenvalue weighted by Crippen LogP contribution is 2.02. The summed E-state index contributed by atoms with van der Waals surface area (Å²) < 4.78 is 0. The van der Waals surface area contributed by atoms with E-state index in [1.807, 2.05) is 7.05 Å². The summed E-state index contributed by atoms with van der Waals surface area (Å²) in [6.07, 6.45) is 5.39. The fourth-order valence-electron chi connectivity index (χ4n) is 1.39. The molecule has 1 amide bonds. The van der Waals surface area contributed by atoms with Crippen molar-refractivity contribution in [3.05, 3.63) is 0 Å². The van der Waals surface area contributed by atoms with Crippen LogP contribution in [0, 0.1) is 0 Å². The average molecular weight is 228 g/mol. The molecule has 2 N–H and O–H groups in total. The van der Waals surface area contributed by atoms with Crippen molar-refractivity contribution in [3.8, 4) is 0 Å². The first-order valence-corrected chi connectivity index (χ1v) is 6.18. The smallest absolute Gasteiger partial charge is 0.287 e. The van der Waals surface area contributed by atoms with Crippen LogP contribution in [0.1, 0.15) is 45.4 Å². The summed E-state index contributed by atoms with van der Waals surface area (Å²) in [7, 11) is 1.86. The summed E-state index contributed by atoms with van der Waals surface area (Å²) in [5.74, 6) is -0.701. The van der Waals surface area contributed by atoms with E-state index in [-0.39, 0.29) is 5.78 Å². The minimum atomic E-state index is -0.424. The van der Waals surface area contributed by atoms with Crippen LogP contribution in [0.4, 0.5) is 0 Å². The van der Waals surface area contributed by atoms with Crippen LogP contribution in [0.5, 0.6) is 0 Å². The molecular weight excluding hydrogens is 204 g/mol. The topological polar surface area (TPSA) is 58.2 Å². The first-order valence-electron chi connectivity index (χ1n) is 6.18. The van der Waals surface area contributed by atoms with E-state index in [0.29, 0.717) is 13.0 Å². The molecule has 0 unspecified atom stereocenters. The number of rotatable bonds is 10. The number of carbonyl (C=O) groups is 2. The van der Waals surface area contributed by atoms with Crippen molar-refractivity contribution < 1.29 is 9.59 Å². The van der Waals surface area contributed by atoms with Crippen LogP contribution >= 0.6 is 0 Å². The number of nitrogens with one attached hydrogen (secondary N) is 2. The van der Waals surface area contributed by atoms with Crippen molar-refractivity contribution in [1.82, 2.24) is 10.6 Å². The summed E-state index contributed by atoms with van der Waals surface area (Å²) in [6.45, 7) is 3.54. The van der Waals surface area contributed by atoms with E-state index in [9.17, 15) is 9.59 Å². The van der Waals surface area contributed by atoms with Crippen molar-refractivity contribution in [3.63, 3.8) is 0 Å². The molecule has 4 heteroatoms. The Labute approximate surface area is 98.2 Å². The molecule has 0 aromatic rings. The molecule has 94 valence electrons. The van der Waals surface area contributed by atoms with Crippen LogP contribution in [0.15, 0.2) is 0 Å².